The maximum atomic E-state index is 13.5. The molecule has 168 valence electrons. The summed E-state index contributed by atoms with van der Waals surface area (Å²) in [6.45, 7) is 5.39. The molecular weight excluding hydrogens is 460 g/mol. The van der Waals surface area contributed by atoms with Crippen molar-refractivity contribution in [3.63, 3.8) is 0 Å². The molecule has 7 nitrogen and oxygen atoms in total. The third kappa shape index (κ3) is 4.37. The summed E-state index contributed by atoms with van der Waals surface area (Å²) >= 11 is 2.70. The Morgan fingerprint density at radius 1 is 1.21 bits per heavy atom. The van der Waals surface area contributed by atoms with Crippen LogP contribution >= 0.6 is 22.7 Å². The lowest BCUT2D eigenvalue weighted by atomic mass is 10.0. The van der Waals surface area contributed by atoms with Gasteiger partial charge in [0.05, 0.1) is 28.5 Å². The summed E-state index contributed by atoms with van der Waals surface area (Å²) in [5.74, 6) is -0.953. The fourth-order valence-electron chi connectivity index (χ4n) is 3.50. The number of nitrogens with zero attached hydrogens (tertiary/aromatic N) is 2. The number of esters is 2. The van der Waals surface area contributed by atoms with E-state index in [-0.39, 0.29) is 12.2 Å². The van der Waals surface area contributed by atoms with E-state index < -0.39 is 18.0 Å². The van der Waals surface area contributed by atoms with E-state index in [9.17, 15) is 14.4 Å². The number of benzene rings is 1. The molecule has 9 heteroatoms. The standard InChI is InChI=1S/C24H20N2O5S2/c1-4-11-31-23(29)19-14(2)25-24-26(20(19)17-6-5-12-32-17)21(27)18(33-24)13-15-7-9-16(10-8-15)22(28)30-3/h4-10,12-13,20H,1,11H2,2-3H3. The minimum atomic E-state index is -0.623. The van der Waals surface area contributed by atoms with Crippen molar-refractivity contribution in [2.45, 2.75) is 13.0 Å². The number of thiazole rings is 1. The first-order chi connectivity index (χ1) is 15.9. The highest BCUT2D eigenvalue weighted by atomic mass is 32.1. The molecular formula is C24H20N2O5S2. The van der Waals surface area contributed by atoms with Gasteiger partial charge >= 0.3 is 11.9 Å². The molecule has 1 aliphatic heterocycles. The lowest BCUT2D eigenvalue weighted by Crippen LogP contribution is -2.39. The van der Waals surface area contributed by atoms with Gasteiger partial charge in [-0.05, 0) is 42.1 Å². The van der Waals surface area contributed by atoms with Gasteiger partial charge in [0.25, 0.3) is 5.56 Å². The molecule has 0 amide bonds. The van der Waals surface area contributed by atoms with Gasteiger partial charge in [0.15, 0.2) is 4.80 Å². The maximum absolute atomic E-state index is 13.5. The summed E-state index contributed by atoms with van der Waals surface area (Å²) in [6.07, 6.45) is 3.24. The first kappa shape index (κ1) is 22.6. The van der Waals surface area contributed by atoms with Crippen molar-refractivity contribution in [3.05, 3.63) is 101 Å². The van der Waals surface area contributed by atoms with Crippen LogP contribution in [0.15, 0.2) is 75.5 Å². The lowest BCUT2D eigenvalue weighted by molar-refractivity contribution is -0.138. The molecule has 1 unspecified atom stereocenters. The average Bonchev–Trinajstić information content (AvgIpc) is 3.45. The predicted molar refractivity (Wildman–Crippen MR) is 127 cm³/mol. The zero-order chi connectivity index (χ0) is 23.5. The Morgan fingerprint density at radius 2 is 1.97 bits per heavy atom. The number of hydrogen-bond acceptors (Lipinski definition) is 8. The lowest BCUT2D eigenvalue weighted by Gasteiger charge is -2.23. The molecule has 33 heavy (non-hydrogen) atoms. The monoisotopic (exact) mass is 480 g/mol. The minimum Gasteiger partial charge on any atom is -0.465 e. The van der Waals surface area contributed by atoms with E-state index in [2.05, 4.69) is 11.6 Å². The Bertz CT molecular complexity index is 1430. The summed E-state index contributed by atoms with van der Waals surface area (Å²) in [4.78, 5) is 43.9. The van der Waals surface area contributed by atoms with Crippen LogP contribution in [0.3, 0.4) is 0 Å². The fraction of sp³-hybridized carbons (Fsp3) is 0.167. The molecule has 0 radical (unpaired) electrons. The molecule has 0 bridgehead atoms. The van der Waals surface area contributed by atoms with E-state index in [0.29, 0.717) is 26.2 Å². The highest BCUT2D eigenvalue weighted by Crippen LogP contribution is 2.33. The second kappa shape index (κ2) is 9.51. The number of carbonyl (C=O) groups excluding carboxylic acids is 2. The zero-order valence-corrected chi connectivity index (χ0v) is 19.6. The molecule has 2 aromatic heterocycles. The van der Waals surface area contributed by atoms with Crippen molar-refractivity contribution in [2.75, 3.05) is 13.7 Å². The van der Waals surface area contributed by atoms with E-state index in [4.69, 9.17) is 9.47 Å². The van der Waals surface area contributed by atoms with Gasteiger partial charge in [-0.25, -0.2) is 14.6 Å². The molecule has 0 saturated carbocycles. The topological polar surface area (TPSA) is 87.0 Å². The minimum absolute atomic E-state index is 0.0682. The van der Waals surface area contributed by atoms with Crippen LogP contribution in [-0.4, -0.2) is 30.2 Å². The molecule has 0 aliphatic carbocycles. The van der Waals surface area contributed by atoms with Crippen LogP contribution in [0.25, 0.3) is 6.08 Å². The van der Waals surface area contributed by atoms with Gasteiger partial charge in [0.1, 0.15) is 12.6 Å². The normalized spacial score (nSPS) is 15.6. The Hall–Kier alpha value is -3.56. The van der Waals surface area contributed by atoms with Crippen molar-refractivity contribution in [1.29, 1.82) is 0 Å². The van der Waals surface area contributed by atoms with E-state index in [1.54, 1.807) is 41.8 Å². The van der Waals surface area contributed by atoms with Crippen molar-refractivity contribution >= 4 is 40.7 Å². The molecule has 0 saturated heterocycles. The molecule has 1 atom stereocenters. The quantitative estimate of drug-likeness (QED) is 0.400. The summed E-state index contributed by atoms with van der Waals surface area (Å²) in [5.41, 5.74) is 1.77. The molecule has 0 spiro atoms. The van der Waals surface area contributed by atoms with E-state index in [1.165, 1.54) is 35.9 Å². The number of aromatic nitrogens is 1. The number of fused-ring (bicyclic) bond motifs is 1. The molecule has 0 N–H and O–H groups in total. The number of hydrogen-bond donors (Lipinski definition) is 0. The van der Waals surface area contributed by atoms with Crippen LogP contribution < -0.4 is 14.9 Å². The molecule has 3 heterocycles. The van der Waals surface area contributed by atoms with Crippen LogP contribution in [0.4, 0.5) is 0 Å². The predicted octanol–water partition coefficient (Wildman–Crippen LogP) is 2.81. The third-order valence-electron chi connectivity index (χ3n) is 5.02. The highest BCUT2D eigenvalue weighted by Gasteiger charge is 2.33. The molecule has 1 aromatic carbocycles. The molecule has 4 rings (SSSR count). The smallest absolute Gasteiger partial charge is 0.338 e. The summed E-state index contributed by atoms with van der Waals surface area (Å²) in [5, 5.41) is 1.90. The van der Waals surface area contributed by atoms with Crippen molar-refractivity contribution in [1.82, 2.24) is 4.57 Å². The van der Waals surface area contributed by atoms with Crippen molar-refractivity contribution < 1.29 is 19.1 Å². The summed E-state index contributed by atoms with van der Waals surface area (Å²) in [7, 11) is 1.32. The number of methoxy groups -OCH3 is 1. The molecule has 0 fully saturated rings. The van der Waals surface area contributed by atoms with Crippen LogP contribution in [-0.2, 0) is 14.3 Å². The summed E-state index contributed by atoms with van der Waals surface area (Å²) < 4.78 is 12.0. The second-order valence-electron chi connectivity index (χ2n) is 7.10. The van der Waals surface area contributed by atoms with Crippen molar-refractivity contribution in [2.24, 2.45) is 4.99 Å². The van der Waals surface area contributed by atoms with Gasteiger partial charge in [0.2, 0.25) is 0 Å². The third-order valence-corrected chi connectivity index (χ3v) is 6.92. The van der Waals surface area contributed by atoms with Gasteiger partial charge in [-0.2, -0.15) is 0 Å². The Labute approximate surface area is 197 Å². The van der Waals surface area contributed by atoms with Crippen molar-refractivity contribution in [3.8, 4) is 0 Å². The molecule has 1 aliphatic rings. The number of allylic oxidation sites excluding steroid dienone is 1. The average molecular weight is 481 g/mol. The molecule has 3 aromatic rings. The van der Waals surface area contributed by atoms with Gasteiger partial charge in [-0.1, -0.05) is 42.2 Å². The van der Waals surface area contributed by atoms with Gasteiger partial charge in [0, 0.05) is 4.88 Å². The van der Waals surface area contributed by atoms with E-state index in [0.717, 1.165) is 10.4 Å². The van der Waals surface area contributed by atoms with E-state index in [1.807, 2.05) is 17.5 Å². The maximum Gasteiger partial charge on any atom is 0.338 e. The van der Waals surface area contributed by atoms with Crippen LogP contribution in [0.5, 0.6) is 0 Å². The van der Waals surface area contributed by atoms with Gasteiger partial charge < -0.3 is 9.47 Å². The Balaban J connectivity index is 1.83. The Morgan fingerprint density at radius 3 is 2.61 bits per heavy atom. The fourth-order valence-corrected chi connectivity index (χ4v) is 5.37. The van der Waals surface area contributed by atoms with Crippen LogP contribution in [0.2, 0.25) is 0 Å². The first-order valence-electron chi connectivity index (χ1n) is 9.97. The summed E-state index contributed by atoms with van der Waals surface area (Å²) in [6, 6.07) is 9.90. The largest absolute Gasteiger partial charge is 0.465 e. The highest BCUT2D eigenvalue weighted by molar-refractivity contribution is 7.10. The number of thiophene rings is 1. The van der Waals surface area contributed by atoms with Gasteiger partial charge in [-0.15, -0.1) is 11.3 Å². The zero-order valence-electron chi connectivity index (χ0n) is 17.9. The second-order valence-corrected chi connectivity index (χ2v) is 9.09. The van der Waals surface area contributed by atoms with Crippen LogP contribution in [0, 0.1) is 0 Å². The van der Waals surface area contributed by atoms with Gasteiger partial charge in [-0.3, -0.25) is 9.36 Å². The Kier molecular flexibility index (Phi) is 6.52. The SMILES string of the molecule is C=CCOC(=O)C1=C(C)N=c2sc(=Cc3ccc(C(=O)OC)cc3)c(=O)n2C1c1cccs1. The van der Waals surface area contributed by atoms with Crippen LogP contribution in [0.1, 0.15) is 33.8 Å². The number of ether oxygens (including phenoxy) is 2. The number of carbonyl (C=O) groups is 2. The first-order valence-corrected chi connectivity index (χ1v) is 11.7. The number of rotatable bonds is 6. The van der Waals surface area contributed by atoms with E-state index >= 15 is 0 Å².